The van der Waals surface area contributed by atoms with Gasteiger partial charge in [-0.05, 0) is 48.5 Å². The quantitative estimate of drug-likeness (QED) is 0.175. The predicted molar refractivity (Wildman–Crippen MR) is 237 cm³/mol. The molecule has 12 aromatic rings. The molecule has 0 saturated carbocycles. The molecule has 0 aliphatic heterocycles. The van der Waals surface area contributed by atoms with Crippen molar-refractivity contribution in [1.29, 1.82) is 5.26 Å². The fourth-order valence-electron chi connectivity index (χ4n) is 8.88. The molecule has 12 rings (SSSR count). The molecule has 4 heterocycles. The third-order valence-electron chi connectivity index (χ3n) is 11.4. The average Bonchev–Trinajstić information content (AvgIpc) is 3.98. The molecular formula is C52H30N6O. The molecule has 0 amide bonds. The Morgan fingerprint density at radius 1 is 0.441 bits per heavy atom. The Labute approximate surface area is 337 Å². The SMILES string of the molecule is N#Cc1cc(-c2nc(-c3ccccc3)nc(-c3ccccc3)n2)ccc1-n1c2ccccc2c2c1c1oc3ccccc3c1c1c3ccccc3n(-c3ccccc3)c12. The van der Waals surface area contributed by atoms with E-state index in [0.717, 1.165) is 88.1 Å². The van der Waals surface area contributed by atoms with Gasteiger partial charge in [0.2, 0.25) is 0 Å². The van der Waals surface area contributed by atoms with Gasteiger partial charge in [-0.2, -0.15) is 5.26 Å². The van der Waals surface area contributed by atoms with Crippen molar-refractivity contribution in [1.82, 2.24) is 24.1 Å². The van der Waals surface area contributed by atoms with E-state index < -0.39 is 0 Å². The van der Waals surface area contributed by atoms with Gasteiger partial charge in [-0.25, -0.2) is 15.0 Å². The fourth-order valence-corrected chi connectivity index (χ4v) is 8.88. The third kappa shape index (κ3) is 4.90. The molecule has 0 radical (unpaired) electrons. The highest BCUT2D eigenvalue weighted by Gasteiger charge is 2.28. The monoisotopic (exact) mass is 754 g/mol. The van der Waals surface area contributed by atoms with E-state index in [-0.39, 0.29) is 0 Å². The van der Waals surface area contributed by atoms with Crippen LogP contribution < -0.4 is 0 Å². The van der Waals surface area contributed by atoms with E-state index in [1.165, 1.54) is 0 Å². The number of aromatic nitrogens is 5. The summed E-state index contributed by atoms with van der Waals surface area (Å²) in [7, 11) is 0. The number of fused-ring (bicyclic) bond motifs is 12. The molecule has 0 aliphatic rings. The number of hydrogen-bond donors (Lipinski definition) is 0. The lowest BCUT2D eigenvalue weighted by Gasteiger charge is -2.13. The second kappa shape index (κ2) is 12.8. The van der Waals surface area contributed by atoms with Crippen molar-refractivity contribution < 1.29 is 4.42 Å². The minimum atomic E-state index is 0.473. The maximum atomic E-state index is 11.0. The van der Waals surface area contributed by atoms with Crippen LogP contribution in [0.15, 0.2) is 186 Å². The Hall–Kier alpha value is -8.34. The lowest BCUT2D eigenvalue weighted by atomic mass is 10.0. The number of rotatable bonds is 5. The molecule has 8 aromatic carbocycles. The summed E-state index contributed by atoms with van der Waals surface area (Å²) in [6, 6.07) is 64.2. The van der Waals surface area contributed by atoms with Crippen LogP contribution in [0.2, 0.25) is 0 Å². The Morgan fingerprint density at radius 2 is 0.966 bits per heavy atom. The molecule has 7 nitrogen and oxygen atoms in total. The van der Waals surface area contributed by atoms with E-state index in [2.05, 4.69) is 106 Å². The van der Waals surface area contributed by atoms with Gasteiger partial charge in [0.25, 0.3) is 0 Å². The molecule has 0 N–H and O–H groups in total. The minimum Gasteiger partial charge on any atom is -0.454 e. The first-order valence-electron chi connectivity index (χ1n) is 19.5. The van der Waals surface area contributed by atoms with Gasteiger partial charge >= 0.3 is 0 Å². The zero-order valence-corrected chi connectivity index (χ0v) is 31.4. The largest absolute Gasteiger partial charge is 0.454 e. The van der Waals surface area contributed by atoms with Crippen LogP contribution in [-0.4, -0.2) is 24.1 Å². The van der Waals surface area contributed by atoms with Crippen LogP contribution in [0.25, 0.3) is 111 Å². The molecule has 4 aromatic heterocycles. The van der Waals surface area contributed by atoms with Gasteiger partial charge in [0.05, 0.1) is 33.3 Å². The summed E-state index contributed by atoms with van der Waals surface area (Å²) >= 11 is 0. The van der Waals surface area contributed by atoms with E-state index in [9.17, 15) is 5.26 Å². The Morgan fingerprint density at radius 3 is 1.61 bits per heavy atom. The number of nitriles is 1. The zero-order valence-electron chi connectivity index (χ0n) is 31.4. The van der Waals surface area contributed by atoms with Gasteiger partial charge in [-0.3, -0.25) is 0 Å². The fraction of sp³-hybridized carbons (Fsp3) is 0. The second-order valence-corrected chi connectivity index (χ2v) is 14.7. The highest BCUT2D eigenvalue weighted by Crippen LogP contribution is 2.49. The van der Waals surface area contributed by atoms with Gasteiger partial charge < -0.3 is 13.6 Å². The maximum Gasteiger partial charge on any atom is 0.164 e. The number of benzene rings is 8. The third-order valence-corrected chi connectivity index (χ3v) is 11.4. The van der Waals surface area contributed by atoms with Crippen LogP contribution >= 0.6 is 0 Å². The smallest absolute Gasteiger partial charge is 0.164 e. The predicted octanol–water partition coefficient (Wildman–Crippen LogP) is 12.8. The average molecular weight is 755 g/mol. The van der Waals surface area contributed by atoms with E-state index in [0.29, 0.717) is 28.6 Å². The van der Waals surface area contributed by atoms with Crippen molar-refractivity contribution in [3.8, 4) is 51.6 Å². The first-order valence-corrected chi connectivity index (χ1v) is 19.5. The highest BCUT2D eigenvalue weighted by atomic mass is 16.3. The summed E-state index contributed by atoms with van der Waals surface area (Å²) in [6.45, 7) is 0. The molecule has 0 spiro atoms. The van der Waals surface area contributed by atoms with Gasteiger partial charge in [0.15, 0.2) is 23.1 Å². The Kier molecular flexibility index (Phi) is 7.16. The summed E-state index contributed by atoms with van der Waals surface area (Å²) in [5, 5.41) is 17.5. The van der Waals surface area contributed by atoms with Crippen molar-refractivity contribution in [3.63, 3.8) is 0 Å². The summed E-state index contributed by atoms with van der Waals surface area (Å²) < 4.78 is 11.6. The zero-order chi connectivity index (χ0) is 39.0. The van der Waals surface area contributed by atoms with E-state index >= 15 is 0 Å². The minimum absolute atomic E-state index is 0.473. The van der Waals surface area contributed by atoms with E-state index in [1.54, 1.807) is 0 Å². The molecule has 0 aliphatic carbocycles. The molecule has 274 valence electrons. The maximum absolute atomic E-state index is 11.0. The highest BCUT2D eigenvalue weighted by molar-refractivity contribution is 6.39. The number of hydrogen-bond acceptors (Lipinski definition) is 5. The van der Waals surface area contributed by atoms with Crippen molar-refractivity contribution in [2.24, 2.45) is 0 Å². The van der Waals surface area contributed by atoms with Gasteiger partial charge in [0.1, 0.15) is 11.7 Å². The molecule has 0 unspecified atom stereocenters. The summed E-state index contributed by atoms with van der Waals surface area (Å²) in [6.07, 6.45) is 0. The number of para-hydroxylation sites is 4. The van der Waals surface area contributed by atoms with Crippen LogP contribution in [0.4, 0.5) is 0 Å². The van der Waals surface area contributed by atoms with Crippen LogP contribution in [0.1, 0.15) is 5.56 Å². The van der Waals surface area contributed by atoms with Crippen LogP contribution in [0.3, 0.4) is 0 Å². The first-order chi connectivity index (χ1) is 29.2. The molecule has 0 atom stereocenters. The van der Waals surface area contributed by atoms with Crippen molar-refractivity contribution in [3.05, 3.63) is 188 Å². The van der Waals surface area contributed by atoms with Crippen LogP contribution in [0, 0.1) is 11.3 Å². The van der Waals surface area contributed by atoms with E-state index in [4.69, 9.17) is 19.4 Å². The lowest BCUT2D eigenvalue weighted by molar-refractivity contribution is 0.671. The first kappa shape index (κ1) is 32.9. The van der Waals surface area contributed by atoms with E-state index in [1.807, 2.05) is 91.0 Å². The van der Waals surface area contributed by atoms with Crippen molar-refractivity contribution >= 4 is 65.6 Å². The standard InChI is InChI=1S/C52H30N6O/c53-31-35-30-34(52-55-50(32-16-4-1-5-17-32)54-51(56-52)33-18-6-2-7-19-33)28-29-40(35)58-42-26-14-11-23-38(42)46-47-44(45-39-24-12-15-27-43(39)59-49(45)48(46)58)37-22-10-13-25-41(37)57(47)36-20-8-3-9-21-36/h1-30H. The van der Waals surface area contributed by atoms with Crippen molar-refractivity contribution in [2.45, 2.75) is 0 Å². The molecule has 7 heteroatoms. The van der Waals surface area contributed by atoms with Gasteiger partial charge in [0, 0.05) is 54.7 Å². The summed E-state index contributed by atoms with van der Waals surface area (Å²) in [5.41, 5.74) is 10.4. The van der Waals surface area contributed by atoms with Crippen LogP contribution in [0.5, 0.6) is 0 Å². The normalized spacial score (nSPS) is 11.7. The van der Waals surface area contributed by atoms with Gasteiger partial charge in [-0.1, -0.05) is 133 Å². The Balaban J connectivity index is 1.19. The summed E-state index contributed by atoms with van der Waals surface area (Å²) in [5.74, 6) is 1.60. The molecule has 0 saturated heterocycles. The van der Waals surface area contributed by atoms with Gasteiger partial charge in [-0.15, -0.1) is 0 Å². The molecular weight excluding hydrogens is 725 g/mol. The number of furan rings is 1. The number of nitrogens with zero attached hydrogens (tertiary/aromatic N) is 6. The second-order valence-electron chi connectivity index (χ2n) is 14.7. The Bertz CT molecular complexity index is 3610. The topological polar surface area (TPSA) is 85.5 Å². The molecule has 59 heavy (non-hydrogen) atoms. The summed E-state index contributed by atoms with van der Waals surface area (Å²) in [4.78, 5) is 14.8. The van der Waals surface area contributed by atoms with Crippen LogP contribution in [-0.2, 0) is 0 Å². The van der Waals surface area contributed by atoms with Crippen molar-refractivity contribution in [2.75, 3.05) is 0 Å². The molecule has 0 bridgehead atoms. The lowest BCUT2D eigenvalue weighted by Crippen LogP contribution is -2.02. The molecule has 0 fully saturated rings.